The molecule has 0 aliphatic heterocycles. The predicted octanol–water partition coefficient (Wildman–Crippen LogP) is 1.86. The number of carbonyl (C=O) groups is 1. The second kappa shape index (κ2) is 3.63. The maximum absolute atomic E-state index is 11.4. The number of aromatic nitrogens is 2. The summed E-state index contributed by atoms with van der Waals surface area (Å²) >= 11 is 0. The Hall–Kier alpha value is -1.84. The van der Waals surface area contributed by atoms with Crippen LogP contribution >= 0.6 is 0 Å². The fourth-order valence-corrected chi connectivity index (χ4v) is 1.95. The number of hydrogen-bond donors (Lipinski definition) is 0. The van der Waals surface area contributed by atoms with Crippen LogP contribution in [-0.2, 0) is 11.8 Å². The van der Waals surface area contributed by atoms with E-state index in [0.29, 0.717) is 0 Å². The van der Waals surface area contributed by atoms with Crippen molar-refractivity contribution in [2.75, 3.05) is 11.9 Å². The van der Waals surface area contributed by atoms with E-state index in [0.717, 1.165) is 22.3 Å². The second-order valence-corrected chi connectivity index (χ2v) is 3.96. The standard InChI is InChI=1S/C12H15N3O/c1-8-12-10(14(3)9(2)16)6-5-7-11(12)15(4)13-8/h5-7H,1-4H3. The molecule has 4 nitrogen and oxygen atoms in total. The number of amides is 1. The minimum absolute atomic E-state index is 0.0238. The number of benzene rings is 1. The molecular formula is C12H15N3O. The minimum Gasteiger partial charge on any atom is -0.315 e. The Kier molecular flexibility index (Phi) is 2.42. The fraction of sp³-hybridized carbons (Fsp3) is 0.333. The number of aryl methyl sites for hydroxylation is 2. The highest BCUT2D eigenvalue weighted by Crippen LogP contribution is 2.28. The molecule has 0 N–H and O–H groups in total. The Labute approximate surface area is 94.5 Å². The molecule has 0 radical (unpaired) electrons. The zero-order chi connectivity index (χ0) is 11.9. The Morgan fingerprint density at radius 3 is 2.75 bits per heavy atom. The first-order valence-electron chi connectivity index (χ1n) is 5.19. The van der Waals surface area contributed by atoms with Crippen LogP contribution in [0.15, 0.2) is 18.2 Å². The maximum atomic E-state index is 11.4. The molecule has 0 saturated heterocycles. The molecule has 1 aromatic heterocycles. The second-order valence-electron chi connectivity index (χ2n) is 3.96. The molecule has 0 atom stereocenters. The first-order valence-corrected chi connectivity index (χ1v) is 5.19. The number of rotatable bonds is 1. The highest BCUT2D eigenvalue weighted by Gasteiger charge is 2.14. The van der Waals surface area contributed by atoms with Gasteiger partial charge in [0.1, 0.15) is 0 Å². The van der Waals surface area contributed by atoms with Gasteiger partial charge in [0.15, 0.2) is 0 Å². The predicted molar refractivity (Wildman–Crippen MR) is 64.5 cm³/mol. The van der Waals surface area contributed by atoms with Gasteiger partial charge in [-0.05, 0) is 19.1 Å². The summed E-state index contributed by atoms with van der Waals surface area (Å²) in [6.07, 6.45) is 0. The van der Waals surface area contributed by atoms with Gasteiger partial charge in [0, 0.05) is 26.4 Å². The topological polar surface area (TPSA) is 38.1 Å². The van der Waals surface area contributed by atoms with Crippen molar-refractivity contribution in [2.45, 2.75) is 13.8 Å². The molecule has 1 aromatic carbocycles. The van der Waals surface area contributed by atoms with Gasteiger partial charge in [-0.15, -0.1) is 0 Å². The minimum atomic E-state index is 0.0238. The maximum Gasteiger partial charge on any atom is 0.223 e. The highest BCUT2D eigenvalue weighted by molar-refractivity contribution is 6.02. The van der Waals surface area contributed by atoms with E-state index in [1.54, 1.807) is 18.9 Å². The molecule has 0 unspecified atom stereocenters. The first kappa shape index (κ1) is 10.7. The molecule has 2 aromatic rings. The average Bonchev–Trinajstić information content (AvgIpc) is 2.54. The summed E-state index contributed by atoms with van der Waals surface area (Å²) < 4.78 is 1.84. The summed E-state index contributed by atoms with van der Waals surface area (Å²) in [6.45, 7) is 3.52. The molecule has 84 valence electrons. The molecule has 1 amide bonds. The molecule has 2 rings (SSSR count). The van der Waals surface area contributed by atoms with Gasteiger partial charge in [-0.1, -0.05) is 6.07 Å². The third kappa shape index (κ3) is 1.46. The van der Waals surface area contributed by atoms with Crippen molar-refractivity contribution >= 4 is 22.5 Å². The monoisotopic (exact) mass is 217 g/mol. The highest BCUT2D eigenvalue weighted by atomic mass is 16.2. The van der Waals surface area contributed by atoms with Gasteiger partial charge < -0.3 is 4.90 Å². The summed E-state index contributed by atoms with van der Waals surface area (Å²) in [7, 11) is 3.69. The van der Waals surface area contributed by atoms with E-state index >= 15 is 0 Å². The van der Waals surface area contributed by atoms with Crippen LogP contribution in [0.3, 0.4) is 0 Å². The van der Waals surface area contributed by atoms with Crippen LogP contribution in [0.25, 0.3) is 10.9 Å². The summed E-state index contributed by atoms with van der Waals surface area (Å²) in [5.74, 6) is 0.0238. The Morgan fingerprint density at radius 2 is 2.12 bits per heavy atom. The molecule has 0 spiro atoms. The Balaban J connectivity index is 2.75. The lowest BCUT2D eigenvalue weighted by molar-refractivity contribution is -0.116. The van der Waals surface area contributed by atoms with E-state index in [1.807, 2.05) is 36.9 Å². The van der Waals surface area contributed by atoms with Crippen LogP contribution in [-0.4, -0.2) is 22.7 Å². The van der Waals surface area contributed by atoms with E-state index in [-0.39, 0.29) is 5.91 Å². The largest absolute Gasteiger partial charge is 0.315 e. The van der Waals surface area contributed by atoms with Crippen LogP contribution in [0.2, 0.25) is 0 Å². The third-order valence-corrected chi connectivity index (χ3v) is 2.86. The summed E-state index contributed by atoms with van der Waals surface area (Å²) in [5, 5.41) is 5.42. The van der Waals surface area contributed by atoms with Gasteiger partial charge in [-0.3, -0.25) is 9.48 Å². The van der Waals surface area contributed by atoms with Crippen molar-refractivity contribution < 1.29 is 4.79 Å². The SMILES string of the molecule is CC(=O)N(C)c1cccc2c1c(C)nn2C. The zero-order valence-corrected chi connectivity index (χ0v) is 9.98. The average molecular weight is 217 g/mol. The van der Waals surface area contributed by atoms with Crippen LogP contribution in [0.1, 0.15) is 12.6 Å². The fourth-order valence-electron chi connectivity index (χ4n) is 1.95. The van der Waals surface area contributed by atoms with E-state index in [4.69, 9.17) is 0 Å². The first-order chi connectivity index (χ1) is 7.52. The lowest BCUT2D eigenvalue weighted by Gasteiger charge is -2.16. The van der Waals surface area contributed by atoms with Gasteiger partial charge >= 0.3 is 0 Å². The lowest BCUT2D eigenvalue weighted by Crippen LogP contribution is -2.22. The molecule has 16 heavy (non-hydrogen) atoms. The Morgan fingerprint density at radius 1 is 1.44 bits per heavy atom. The van der Waals surface area contributed by atoms with Crippen molar-refractivity contribution in [3.63, 3.8) is 0 Å². The van der Waals surface area contributed by atoms with Crippen LogP contribution < -0.4 is 4.90 Å². The number of carbonyl (C=O) groups excluding carboxylic acids is 1. The van der Waals surface area contributed by atoms with Gasteiger partial charge in [-0.25, -0.2) is 0 Å². The van der Waals surface area contributed by atoms with E-state index < -0.39 is 0 Å². The number of anilines is 1. The van der Waals surface area contributed by atoms with Crippen LogP contribution in [0.5, 0.6) is 0 Å². The number of hydrogen-bond acceptors (Lipinski definition) is 2. The zero-order valence-electron chi connectivity index (χ0n) is 9.98. The van der Waals surface area contributed by atoms with Gasteiger partial charge in [-0.2, -0.15) is 5.10 Å². The Bertz CT molecular complexity index is 557. The molecule has 0 bridgehead atoms. The normalized spacial score (nSPS) is 10.8. The van der Waals surface area contributed by atoms with E-state index in [1.165, 1.54) is 0 Å². The molecule has 0 saturated carbocycles. The van der Waals surface area contributed by atoms with Crippen molar-refractivity contribution in [2.24, 2.45) is 7.05 Å². The van der Waals surface area contributed by atoms with Crippen molar-refractivity contribution in [1.82, 2.24) is 9.78 Å². The van der Waals surface area contributed by atoms with Crippen molar-refractivity contribution in [3.8, 4) is 0 Å². The molecule has 4 heteroatoms. The molecule has 0 fully saturated rings. The molecule has 0 aliphatic rings. The molecule has 1 heterocycles. The van der Waals surface area contributed by atoms with Crippen molar-refractivity contribution in [1.29, 1.82) is 0 Å². The summed E-state index contributed by atoms with van der Waals surface area (Å²) in [4.78, 5) is 13.1. The number of nitrogens with zero attached hydrogens (tertiary/aromatic N) is 3. The van der Waals surface area contributed by atoms with E-state index in [2.05, 4.69) is 5.10 Å². The van der Waals surface area contributed by atoms with Gasteiger partial charge in [0.2, 0.25) is 5.91 Å². The third-order valence-electron chi connectivity index (χ3n) is 2.86. The van der Waals surface area contributed by atoms with Gasteiger partial charge in [0.05, 0.1) is 16.9 Å². The summed E-state index contributed by atoms with van der Waals surface area (Å²) in [6, 6.07) is 5.89. The molecule has 0 aliphatic carbocycles. The van der Waals surface area contributed by atoms with Crippen LogP contribution in [0.4, 0.5) is 5.69 Å². The van der Waals surface area contributed by atoms with Crippen LogP contribution in [0, 0.1) is 6.92 Å². The van der Waals surface area contributed by atoms with Gasteiger partial charge in [0.25, 0.3) is 0 Å². The van der Waals surface area contributed by atoms with Crippen molar-refractivity contribution in [3.05, 3.63) is 23.9 Å². The number of fused-ring (bicyclic) bond motifs is 1. The lowest BCUT2D eigenvalue weighted by atomic mass is 10.1. The molecular weight excluding hydrogens is 202 g/mol. The quantitative estimate of drug-likeness (QED) is 0.731. The smallest absolute Gasteiger partial charge is 0.223 e. The summed E-state index contributed by atoms with van der Waals surface area (Å²) in [5.41, 5.74) is 2.90. The van der Waals surface area contributed by atoms with E-state index in [9.17, 15) is 4.79 Å².